The summed E-state index contributed by atoms with van der Waals surface area (Å²) >= 11 is 24.4. The van der Waals surface area contributed by atoms with E-state index in [-0.39, 0.29) is 42.8 Å². The molecule has 0 aliphatic carbocycles. The lowest BCUT2D eigenvalue weighted by Gasteiger charge is -2.14. The van der Waals surface area contributed by atoms with Crippen LogP contribution in [0.1, 0.15) is 42.2 Å². The molecule has 0 saturated heterocycles. The Morgan fingerprint density at radius 3 is 1.69 bits per heavy atom. The van der Waals surface area contributed by atoms with E-state index >= 15 is 0 Å². The average Bonchev–Trinajstić information content (AvgIpc) is 3.00. The summed E-state index contributed by atoms with van der Waals surface area (Å²) in [7, 11) is 0. The van der Waals surface area contributed by atoms with Gasteiger partial charge in [-0.15, -0.1) is 0 Å². The highest BCUT2D eigenvalue weighted by Gasteiger charge is 2.42. The van der Waals surface area contributed by atoms with Crippen LogP contribution >= 0.6 is 46.4 Å². The summed E-state index contributed by atoms with van der Waals surface area (Å²) < 4.78 is 0. The van der Waals surface area contributed by atoms with Crippen molar-refractivity contribution in [1.82, 2.24) is 0 Å². The van der Waals surface area contributed by atoms with Crippen molar-refractivity contribution in [2.24, 2.45) is 0 Å². The van der Waals surface area contributed by atoms with E-state index in [1.165, 1.54) is 24.3 Å². The lowest BCUT2D eigenvalue weighted by Crippen LogP contribution is -2.29. The Labute approximate surface area is 203 Å². The number of fused-ring (bicyclic) bond motifs is 1. The number of rotatable bonds is 3. The summed E-state index contributed by atoms with van der Waals surface area (Å²) in [6.45, 7) is 3.89. The first kappa shape index (κ1) is 22.6. The Kier molecular flexibility index (Phi) is 5.94. The molecule has 0 spiro atoms. The quantitative estimate of drug-likeness (QED) is 0.236. The second kappa shape index (κ2) is 8.41. The largest absolute Gasteiger partial charge is 0.322 e. The molecule has 0 saturated carbocycles. The third-order valence-corrected chi connectivity index (χ3v) is 6.77. The maximum atomic E-state index is 12.9. The lowest BCUT2D eigenvalue weighted by molar-refractivity contribution is 0.0925. The average molecular weight is 508 g/mol. The summed E-state index contributed by atoms with van der Waals surface area (Å²) in [5.41, 5.74) is 3.12. The standard InChI is InChI=1S/C23H14Cl4N2O3/c1-10-7-11(2)9-13(8-10)28-21(30)12-3-5-14(6-4-12)29-22(31)15-16(23(29)32)18(25)20(27)19(26)17(15)24/h3-9H,1-2H3,(H,28,30). The molecule has 3 aromatic rings. The predicted molar refractivity (Wildman–Crippen MR) is 128 cm³/mol. The fraction of sp³-hybridized carbons (Fsp3) is 0.0870. The third kappa shape index (κ3) is 3.76. The van der Waals surface area contributed by atoms with Crippen molar-refractivity contribution in [2.75, 3.05) is 10.2 Å². The smallest absolute Gasteiger partial charge is 0.267 e. The molecular formula is C23H14Cl4N2O3. The molecule has 1 N–H and O–H groups in total. The number of nitrogens with zero attached hydrogens (tertiary/aromatic N) is 1. The van der Waals surface area contributed by atoms with Gasteiger partial charge in [0.25, 0.3) is 17.7 Å². The second-order valence-corrected chi connectivity index (χ2v) is 8.84. The van der Waals surface area contributed by atoms with Gasteiger partial charge < -0.3 is 5.32 Å². The molecule has 1 aliphatic rings. The molecule has 1 heterocycles. The molecule has 162 valence electrons. The molecule has 0 fully saturated rings. The first-order valence-electron chi connectivity index (χ1n) is 9.34. The fourth-order valence-corrected chi connectivity index (χ4v) is 4.61. The van der Waals surface area contributed by atoms with Crippen LogP contribution in [0.15, 0.2) is 42.5 Å². The van der Waals surface area contributed by atoms with Gasteiger partial charge in [-0.25, -0.2) is 4.90 Å². The molecule has 32 heavy (non-hydrogen) atoms. The van der Waals surface area contributed by atoms with Gasteiger partial charge >= 0.3 is 0 Å². The van der Waals surface area contributed by atoms with Crippen LogP contribution in [0, 0.1) is 13.8 Å². The lowest BCUT2D eigenvalue weighted by atomic mass is 10.1. The number of carbonyl (C=O) groups excluding carboxylic acids is 3. The number of benzene rings is 3. The molecule has 0 unspecified atom stereocenters. The second-order valence-electron chi connectivity index (χ2n) is 7.33. The van der Waals surface area contributed by atoms with Crippen LogP contribution < -0.4 is 10.2 Å². The summed E-state index contributed by atoms with van der Waals surface area (Å²) in [4.78, 5) is 39.4. The van der Waals surface area contributed by atoms with Crippen LogP contribution in [-0.2, 0) is 0 Å². The van der Waals surface area contributed by atoms with Gasteiger partial charge in [-0.1, -0.05) is 52.5 Å². The van der Waals surface area contributed by atoms with Crippen molar-refractivity contribution in [3.05, 3.63) is 90.4 Å². The number of hydrogen-bond acceptors (Lipinski definition) is 3. The van der Waals surface area contributed by atoms with Crippen LogP contribution in [0.5, 0.6) is 0 Å². The number of nitrogens with one attached hydrogen (secondary N) is 1. The summed E-state index contributed by atoms with van der Waals surface area (Å²) in [6.07, 6.45) is 0. The van der Waals surface area contributed by atoms with Crippen LogP contribution in [-0.4, -0.2) is 17.7 Å². The van der Waals surface area contributed by atoms with Crippen molar-refractivity contribution >= 4 is 75.5 Å². The molecule has 4 rings (SSSR count). The van der Waals surface area contributed by atoms with Crippen molar-refractivity contribution in [1.29, 1.82) is 0 Å². The maximum Gasteiger partial charge on any atom is 0.267 e. The first-order valence-corrected chi connectivity index (χ1v) is 10.9. The minimum Gasteiger partial charge on any atom is -0.322 e. The molecule has 0 bridgehead atoms. The van der Waals surface area contributed by atoms with Crippen molar-refractivity contribution in [2.45, 2.75) is 13.8 Å². The fourth-order valence-electron chi connectivity index (χ4n) is 3.60. The van der Waals surface area contributed by atoms with Crippen LogP contribution in [0.2, 0.25) is 20.1 Å². The number of aryl methyl sites for hydroxylation is 2. The summed E-state index contributed by atoms with van der Waals surface area (Å²) in [5.74, 6) is -1.68. The topological polar surface area (TPSA) is 66.5 Å². The zero-order chi connectivity index (χ0) is 23.3. The van der Waals surface area contributed by atoms with Gasteiger partial charge in [0.05, 0.1) is 36.9 Å². The number of hydrogen-bond donors (Lipinski definition) is 1. The Balaban J connectivity index is 1.62. The van der Waals surface area contributed by atoms with E-state index in [0.717, 1.165) is 16.0 Å². The number of halogens is 4. The molecule has 3 amide bonds. The molecule has 0 radical (unpaired) electrons. The zero-order valence-corrected chi connectivity index (χ0v) is 19.7. The molecule has 0 aromatic heterocycles. The van der Waals surface area contributed by atoms with Gasteiger partial charge in [0.2, 0.25) is 0 Å². The maximum absolute atomic E-state index is 12.9. The van der Waals surface area contributed by atoms with E-state index in [0.29, 0.717) is 11.3 Å². The molecule has 3 aromatic carbocycles. The van der Waals surface area contributed by atoms with Gasteiger partial charge in [-0.3, -0.25) is 14.4 Å². The van der Waals surface area contributed by atoms with Gasteiger partial charge in [-0.2, -0.15) is 0 Å². The molecule has 0 atom stereocenters. The number of amides is 3. The Bertz CT molecular complexity index is 1250. The van der Waals surface area contributed by atoms with Gasteiger partial charge in [0, 0.05) is 11.3 Å². The Morgan fingerprint density at radius 1 is 0.750 bits per heavy atom. The van der Waals surface area contributed by atoms with E-state index in [9.17, 15) is 14.4 Å². The minimum atomic E-state index is -0.678. The Hall–Kier alpha value is -2.57. The molecular weight excluding hydrogens is 494 g/mol. The third-order valence-electron chi connectivity index (χ3n) is 4.97. The van der Waals surface area contributed by atoms with E-state index in [2.05, 4.69) is 5.32 Å². The number of anilines is 2. The summed E-state index contributed by atoms with van der Waals surface area (Å²) in [6, 6.07) is 11.7. The van der Waals surface area contributed by atoms with Gasteiger partial charge in [-0.05, 0) is 61.4 Å². The van der Waals surface area contributed by atoms with Crippen LogP contribution in [0.3, 0.4) is 0 Å². The first-order chi connectivity index (χ1) is 15.1. The zero-order valence-electron chi connectivity index (χ0n) is 16.7. The SMILES string of the molecule is Cc1cc(C)cc(NC(=O)c2ccc(N3C(=O)c4c(Cl)c(Cl)c(Cl)c(Cl)c4C3=O)cc2)c1. The predicted octanol–water partition coefficient (Wildman–Crippen LogP) is 6.97. The van der Waals surface area contributed by atoms with Crippen LogP contribution in [0.25, 0.3) is 0 Å². The highest BCUT2D eigenvalue weighted by atomic mass is 35.5. The molecule has 1 aliphatic heterocycles. The van der Waals surface area contributed by atoms with E-state index in [1.54, 1.807) is 0 Å². The minimum absolute atomic E-state index is 0.0986. The van der Waals surface area contributed by atoms with E-state index in [4.69, 9.17) is 46.4 Å². The van der Waals surface area contributed by atoms with Crippen molar-refractivity contribution in [3.63, 3.8) is 0 Å². The normalized spacial score (nSPS) is 12.9. The summed E-state index contributed by atoms with van der Waals surface area (Å²) in [5, 5.41) is 2.36. The van der Waals surface area contributed by atoms with E-state index < -0.39 is 11.8 Å². The monoisotopic (exact) mass is 506 g/mol. The van der Waals surface area contributed by atoms with E-state index in [1.807, 2.05) is 32.0 Å². The molecule has 9 heteroatoms. The number of imide groups is 1. The van der Waals surface area contributed by atoms with Gasteiger partial charge in [0.15, 0.2) is 0 Å². The highest BCUT2D eigenvalue weighted by Crippen LogP contribution is 2.45. The van der Waals surface area contributed by atoms with Crippen molar-refractivity contribution in [3.8, 4) is 0 Å². The van der Waals surface area contributed by atoms with Gasteiger partial charge in [0.1, 0.15) is 0 Å². The Morgan fingerprint density at radius 2 is 1.22 bits per heavy atom. The van der Waals surface area contributed by atoms with Crippen LogP contribution in [0.4, 0.5) is 11.4 Å². The highest BCUT2D eigenvalue weighted by molar-refractivity contribution is 6.56. The van der Waals surface area contributed by atoms with Crippen molar-refractivity contribution < 1.29 is 14.4 Å². The number of carbonyl (C=O) groups is 3. The molecule has 5 nitrogen and oxygen atoms in total.